The topological polar surface area (TPSA) is 118 Å². The highest BCUT2D eigenvalue weighted by atomic mass is 32.2. The minimum atomic E-state index is -0.350. The summed E-state index contributed by atoms with van der Waals surface area (Å²) < 4.78 is 11.6. The highest BCUT2D eigenvalue weighted by Crippen LogP contribution is 2.16. The van der Waals surface area contributed by atoms with Crippen LogP contribution in [-0.4, -0.2) is 54.0 Å². The van der Waals surface area contributed by atoms with E-state index in [9.17, 15) is 10.1 Å². The molecule has 0 spiro atoms. The number of amidine groups is 1. The van der Waals surface area contributed by atoms with Crippen molar-refractivity contribution in [3.05, 3.63) is 57.4 Å². The van der Waals surface area contributed by atoms with Crippen molar-refractivity contribution >= 4 is 29.4 Å². The van der Waals surface area contributed by atoms with E-state index in [4.69, 9.17) is 8.83 Å². The quantitative estimate of drug-likeness (QED) is 0.0860. The zero-order chi connectivity index (χ0) is 25.5. The van der Waals surface area contributed by atoms with Crippen molar-refractivity contribution in [1.82, 2.24) is 16.0 Å². The van der Waals surface area contributed by atoms with E-state index < -0.39 is 0 Å². The van der Waals surface area contributed by atoms with Crippen molar-refractivity contribution in [2.75, 3.05) is 31.1 Å². The summed E-state index contributed by atoms with van der Waals surface area (Å²) in [5.41, 5.74) is 0. The Bertz CT molecular complexity index is 898. The van der Waals surface area contributed by atoms with Crippen LogP contribution in [0.3, 0.4) is 0 Å². The Labute approximate surface area is 216 Å². The van der Waals surface area contributed by atoms with E-state index >= 15 is 0 Å². The third-order valence-corrected chi connectivity index (χ3v) is 6.63. The van der Waals surface area contributed by atoms with Gasteiger partial charge < -0.3 is 24.8 Å². The molecule has 0 unspecified atom stereocenters. The molecule has 2 rings (SSSR count). The lowest BCUT2D eigenvalue weighted by atomic mass is 10.3. The molecule has 0 amide bonds. The molecule has 0 aliphatic rings. The molecule has 0 fully saturated rings. The molecule has 0 aliphatic heterocycles. The summed E-state index contributed by atoms with van der Waals surface area (Å²) in [7, 11) is 0. The second-order valence-corrected chi connectivity index (χ2v) is 10.9. The second-order valence-electron chi connectivity index (χ2n) is 8.66. The molecule has 2 heterocycles. The van der Waals surface area contributed by atoms with Crippen LogP contribution in [0.2, 0.25) is 0 Å². The summed E-state index contributed by atoms with van der Waals surface area (Å²) in [5.74, 6) is 7.25. The number of rotatable bonds is 18. The average Bonchev–Trinajstić information content (AvgIpc) is 3.44. The van der Waals surface area contributed by atoms with Crippen LogP contribution in [0, 0.1) is 10.1 Å². The predicted molar refractivity (Wildman–Crippen MR) is 146 cm³/mol. The van der Waals surface area contributed by atoms with E-state index in [-0.39, 0.29) is 11.5 Å². The molecule has 0 radical (unpaired) electrons. The van der Waals surface area contributed by atoms with Gasteiger partial charge in [0.1, 0.15) is 23.0 Å². The number of thioether (sulfide) groups is 2. The lowest BCUT2D eigenvalue weighted by Crippen LogP contribution is -2.32. The molecule has 0 saturated carbocycles. The zero-order valence-electron chi connectivity index (χ0n) is 21.2. The summed E-state index contributed by atoms with van der Waals surface area (Å²) >= 11 is 3.42. The highest BCUT2D eigenvalue weighted by Gasteiger charge is 2.08. The van der Waals surface area contributed by atoms with Crippen LogP contribution in [0.25, 0.3) is 0 Å². The summed E-state index contributed by atoms with van der Waals surface area (Å²) in [4.78, 5) is 15.1. The Morgan fingerprint density at radius 3 is 1.94 bits per heavy atom. The van der Waals surface area contributed by atoms with Gasteiger partial charge in [-0.25, -0.2) is 0 Å². The second kappa shape index (κ2) is 16.7. The fourth-order valence-electron chi connectivity index (χ4n) is 2.94. The average molecular weight is 526 g/mol. The van der Waals surface area contributed by atoms with Gasteiger partial charge in [-0.1, -0.05) is 27.7 Å². The molecule has 0 aromatic carbocycles. The van der Waals surface area contributed by atoms with E-state index in [0.29, 0.717) is 31.0 Å². The van der Waals surface area contributed by atoms with Gasteiger partial charge in [0.25, 0.3) is 6.54 Å². The van der Waals surface area contributed by atoms with E-state index in [1.807, 2.05) is 24.3 Å². The summed E-state index contributed by atoms with van der Waals surface area (Å²) in [6.45, 7) is 10.7. The number of nitrogens with zero attached hydrogens (tertiary/aromatic N) is 2. The van der Waals surface area contributed by atoms with Gasteiger partial charge in [-0.15, -0.1) is 0 Å². The molecule has 9 nitrogen and oxygen atoms in total. The van der Waals surface area contributed by atoms with Crippen LogP contribution >= 0.6 is 23.5 Å². The first-order valence-corrected chi connectivity index (χ1v) is 14.3. The van der Waals surface area contributed by atoms with Gasteiger partial charge in [0.2, 0.25) is 0 Å². The molecule has 0 aliphatic carbocycles. The fraction of sp³-hybridized carbons (Fsp3) is 0.625. The van der Waals surface area contributed by atoms with Gasteiger partial charge >= 0.3 is 0 Å². The normalized spacial score (nSPS) is 12.1. The first kappa shape index (κ1) is 29.3. The SMILES string of the molecule is CC(C)NCc1ccc(CSCCN=C(C[N+](=O)[O-])NCCSCc2ccc(CNC(C)C)o2)o1. The Kier molecular flexibility index (Phi) is 13.9. The van der Waals surface area contributed by atoms with Crippen LogP contribution in [0.15, 0.2) is 38.1 Å². The molecule has 3 N–H and O–H groups in total. The van der Waals surface area contributed by atoms with Crippen molar-refractivity contribution in [3.8, 4) is 0 Å². The molecular weight excluding hydrogens is 486 g/mol. The first-order chi connectivity index (χ1) is 16.8. The van der Waals surface area contributed by atoms with Crippen LogP contribution in [0.1, 0.15) is 50.7 Å². The number of aliphatic imine (C=N–C) groups is 1. The first-order valence-electron chi connectivity index (χ1n) is 12.0. The molecule has 2 aromatic heterocycles. The van der Waals surface area contributed by atoms with Crippen LogP contribution in [0.5, 0.6) is 0 Å². The minimum absolute atomic E-state index is 0.288. The molecule has 2 aromatic rings. The van der Waals surface area contributed by atoms with Gasteiger partial charge in [0.15, 0.2) is 5.84 Å². The van der Waals surface area contributed by atoms with Crippen LogP contribution in [0.4, 0.5) is 0 Å². The summed E-state index contributed by atoms with van der Waals surface area (Å²) in [6.07, 6.45) is 0. The van der Waals surface area contributed by atoms with Crippen molar-refractivity contribution in [1.29, 1.82) is 0 Å². The molecule has 11 heteroatoms. The van der Waals surface area contributed by atoms with Gasteiger partial charge in [-0.2, -0.15) is 23.5 Å². The van der Waals surface area contributed by atoms with Gasteiger partial charge in [-0.05, 0) is 24.3 Å². The maximum atomic E-state index is 11.0. The van der Waals surface area contributed by atoms with E-state index in [2.05, 4.69) is 48.6 Å². The third kappa shape index (κ3) is 13.6. The smallest absolute Gasteiger partial charge is 0.259 e. The van der Waals surface area contributed by atoms with Crippen molar-refractivity contribution < 1.29 is 13.8 Å². The molecular formula is C24H39N5O4S2. The summed E-state index contributed by atoms with van der Waals surface area (Å²) in [6, 6.07) is 8.82. The van der Waals surface area contributed by atoms with E-state index in [0.717, 1.165) is 59.1 Å². The number of furan rings is 2. The largest absolute Gasteiger partial charge is 0.464 e. The summed E-state index contributed by atoms with van der Waals surface area (Å²) in [5, 5.41) is 20.8. The minimum Gasteiger partial charge on any atom is -0.464 e. The molecule has 196 valence electrons. The van der Waals surface area contributed by atoms with Gasteiger partial charge in [-0.3, -0.25) is 15.1 Å². The fourth-order valence-corrected chi connectivity index (χ4v) is 4.41. The number of nitrogens with one attached hydrogen (secondary N) is 3. The third-order valence-electron chi connectivity index (χ3n) is 4.68. The number of nitro groups is 1. The van der Waals surface area contributed by atoms with Gasteiger partial charge in [0, 0.05) is 35.1 Å². The Morgan fingerprint density at radius 2 is 1.43 bits per heavy atom. The zero-order valence-corrected chi connectivity index (χ0v) is 22.8. The monoisotopic (exact) mass is 525 g/mol. The van der Waals surface area contributed by atoms with Crippen LogP contribution < -0.4 is 16.0 Å². The predicted octanol–water partition coefficient (Wildman–Crippen LogP) is 4.30. The van der Waals surface area contributed by atoms with E-state index in [1.165, 1.54) is 0 Å². The molecule has 0 atom stereocenters. The lowest BCUT2D eigenvalue weighted by Gasteiger charge is -2.07. The standard InChI is InChI=1S/C24H39N5O4S2/c1-18(2)27-13-20-5-7-22(32-20)16-34-11-9-25-24(15-29(30)31)26-10-12-35-17-23-8-6-21(33-23)14-28-19(3)4/h5-8,18-19,27-28H,9-17H2,1-4H3,(H,25,26). The highest BCUT2D eigenvalue weighted by molar-refractivity contribution is 7.98. The van der Waals surface area contributed by atoms with Crippen molar-refractivity contribution in [3.63, 3.8) is 0 Å². The lowest BCUT2D eigenvalue weighted by molar-refractivity contribution is -0.463. The van der Waals surface area contributed by atoms with Crippen LogP contribution in [-0.2, 0) is 24.6 Å². The van der Waals surface area contributed by atoms with E-state index in [1.54, 1.807) is 23.5 Å². The maximum Gasteiger partial charge on any atom is 0.259 e. The van der Waals surface area contributed by atoms with Crippen molar-refractivity contribution in [2.24, 2.45) is 4.99 Å². The number of hydrogen-bond acceptors (Lipinski definition) is 9. The van der Waals surface area contributed by atoms with Crippen molar-refractivity contribution in [2.45, 2.75) is 64.4 Å². The molecule has 35 heavy (non-hydrogen) atoms. The Balaban J connectivity index is 1.63. The maximum absolute atomic E-state index is 11.0. The number of hydrogen-bond donors (Lipinski definition) is 3. The van der Waals surface area contributed by atoms with Gasteiger partial charge in [0.05, 0.1) is 31.1 Å². The Morgan fingerprint density at radius 1 is 0.914 bits per heavy atom. The molecule has 0 bridgehead atoms. The molecule has 0 saturated heterocycles. The Hall–Kier alpha value is -1.95.